The molecule has 6 heteroatoms. The SMILES string of the molecule is COC(=O)CN1CCC[C@H](c2nc3ccccc3n2[C@H]2C[C@H]3CCC[C@@H](C2)N3[C@@H]2C[C@@H]3CCCC[C@@H](C3)C2)C1. The summed E-state index contributed by atoms with van der Waals surface area (Å²) in [7, 11) is 1.49. The Bertz CT molecular complexity index is 1130. The second-order valence-electron chi connectivity index (χ2n) is 13.7. The summed E-state index contributed by atoms with van der Waals surface area (Å²) in [4.78, 5) is 22.7. The van der Waals surface area contributed by atoms with Gasteiger partial charge in [0.05, 0.1) is 24.7 Å². The second kappa shape index (κ2) is 11.2. The molecule has 1 aromatic heterocycles. The maximum absolute atomic E-state index is 12.0. The number of fused-ring (bicyclic) bond motifs is 5. The van der Waals surface area contributed by atoms with Crippen molar-refractivity contribution < 1.29 is 9.53 Å². The standard InChI is InChI=1S/C33H48N4O2/c1-39-32(38)22-35-15-7-10-25(21-35)33-34-30-13-4-5-14-31(30)37(33)29-19-26-11-6-12-27(20-29)36(26)28-17-23-8-2-3-9-24(16-23)18-28/h4-5,13-14,23-29H,2-3,6-12,15-22H2,1H3/t23-,24+,25-,26-,27+,28-,29+/m0/s1. The molecule has 0 unspecified atom stereocenters. The lowest BCUT2D eigenvalue weighted by molar-refractivity contribution is -0.142. The fourth-order valence-electron chi connectivity index (χ4n) is 9.70. The van der Waals surface area contributed by atoms with Crippen LogP contribution in [-0.4, -0.2) is 70.2 Å². The van der Waals surface area contributed by atoms with E-state index in [1.165, 1.54) is 95.5 Å². The fourth-order valence-corrected chi connectivity index (χ4v) is 9.70. The Kier molecular flexibility index (Phi) is 7.44. The molecule has 2 aromatic rings. The number of piperidine rings is 3. The number of ether oxygens (including phenoxy) is 1. The number of hydrogen-bond donors (Lipinski definition) is 0. The van der Waals surface area contributed by atoms with Gasteiger partial charge in [0.2, 0.25) is 0 Å². The number of imidazole rings is 1. The molecule has 0 amide bonds. The van der Waals surface area contributed by atoms with Crippen LogP contribution in [0.25, 0.3) is 11.0 Å². The minimum atomic E-state index is -0.132. The molecule has 3 saturated heterocycles. The van der Waals surface area contributed by atoms with Crippen LogP contribution in [0.4, 0.5) is 0 Å². The van der Waals surface area contributed by atoms with Crippen molar-refractivity contribution in [2.24, 2.45) is 11.8 Å². The predicted molar refractivity (Wildman–Crippen MR) is 155 cm³/mol. The molecule has 0 radical (unpaired) electrons. The molecule has 0 spiro atoms. The Labute approximate surface area is 234 Å². The highest BCUT2D eigenvalue weighted by Crippen LogP contribution is 2.48. The summed E-state index contributed by atoms with van der Waals surface area (Å²) in [6.07, 6.45) is 19.3. The van der Waals surface area contributed by atoms with E-state index < -0.39 is 0 Å². The first kappa shape index (κ1) is 26.0. The number of esters is 1. The van der Waals surface area contributed by atoms with Crippen LogP contribution in [-0.2, 0) is 9.53 Å². The molecule has 6 nitrogen and oxygen atoms in total. The molecule has 0 N–H and O–H groups in total. The van der Waals surface area contributed by atoms with E-state index in [0.717, 1.165) is 61.4 Å². The average Bonchev–Trinajstić information content (AvgIpc) is 3.26. The Morgan fingerprint density at radius 2 is 1.59 bits per heavy atom. The van der Waals surface area contributed by atoms with E-state index in [1.54, 1.807) is 0 Å². The monoisotopic (exact) mass is 532 g/mol. The molecular formula is C33H48N4O2. The number of carbonyl (C=O) groups is 1. The van der Waals surface area contributed by atoms with Gasteiger partial charge in [0.15, 0.2) is 0 Å². The molecule has 39 heavy (non-hydrogen) atoms. The topological polar surface area (TPSA) is 50.6 Å². The number of likely N-dealkylation sites (tertiary alicyclic amines) is 1. The van der Waals surface area contributed by atoms with Crippen LogP contribution in [0.15, 0.2) is 24.3 Å². The van der Waals surface area contributed by atoms with Gasteiger partial charge in [-0.3, -0.25) is 14.6 Å². The van der Waals surface area contributed by atoms with Crippen molar-refractivity contribution in [3.05, 3.63) is 30.1 Å². The minimum Gasteiger partial charge on any atom is -0.468 e. The third-order valence-corrected chi connectivity index (χ3v) is 11.2. The molecule has 1 aromatic carbocycles. The zero-order valence-corrected chi connectivity index (χ0v) is 24.0. The van der Waals surface area contributed by atoms with Crippen LogP contribution in [0.2, 0.25) is 0 Å². The summed E-state index contributed by atoms with van der Waals surface area (Å²) in [6, 6.07) is 11.6. The highest BCUT2D eigenvalue weighted by Gasteiger charge is 2.45. The Balaban J connectivity index is 1.16. The van der Waals surface area contributed by atoms with Crippen LogP contribution < -0.4 is 0 Å². The molecule has 2 saturated carbocycles. The summed E-state index contributed by atoms with van der Waals surface area (Å²) >= 11 is 0. The minimum absolute atomic E-state index is 0.132. The predicted octanol–water partition coefficient (Wildman–Crippen LogP) is 6.31. The van der Waals surface area contributed by atoms with Gasteiger partial charge in [0, 0.05) is 36.6 Å². The molecule has 7 atom stereocenters. The van der Waals surface area contributed by atoms with Crippen LogP contribution in [0.1, 0.15) is 108 Å². The lowest BCUT2D eigenvalue weighted by atomic mass is 9.73. The van der Waals surface area contributed by atoms with Crippen molar-refractivity contribution >= 4 is 17.0 Å². The fraction of sp³-hybridized carbons (Fsp3) is 0.758. The van der Waals surface area contributed by atoms with E-state index in [2.05, 4.69) is 38.6 Å². The van der Waals surface area contributed by atoms with Gasteiger partial charge in [-0.2, -0.15) is 0 Å². The molecule has 5 aliphatic rings. The van der Waals surface area contributed by atoms with Crippen LogP contribution in [0.5, 0.6) is 0 Å². The third-order valence-electron chi connectivity index (χ3n) is 11.2. The van der Waals surface area contributed by atoms with Crippen molar-refractivity contribution in [1.82, 2.24) is 19.4 Å². The van der Waals surface area contributed by atoms with Crippen molar-refractivity contribution in [3.63, 3.8) is 0 Å². The quantitative estimate of drug-likeness (QED) is 0.423. The zero-order chi connectivity index (χ0) is 26.3. The maximum Gasteiger partial charge on any atom is 0.319 e. The summed E-state index contributed by atoms with van der Waals surface area (Å²) in [5.41, 5.74) is 2.46. The van der Waals surface area contributed by atoms with E-state index >= 15 is 0 Å². The number of rotatable bonds is 5. The van der Waals surface area contributed by atoms with Gasteiger partial charge in [-0.05, 0) is 88.3 Å². The smallest absolute Gasteiger partial charge is 0.319 e. The first-order valence-corrected chi connectivity index (χ1v) is 16.2. The van der Waals surface area contributed by atoms with Gasteiger partial charge in [0.25, 0.3) is 0 Å². The largest absolute Gasteiger partial charge is 0.468 e. The summed E-state index contributed by atoms with van der Waals surface area (Å²) in [6.45, 7) is 2.26. The molecule has 2 aliphatic carbocycles. The second-order valence-corrected chi connectivity index (χ2v) is 13.7. The van der Waals surface area contributed by atoms with E-state index in [-0.39, 0.29) is 5.97 Å². The van der Waals surface area contributed by atoms with E-state index in [4.69, 9.17) is 9.72 Å². The lowest BCUT2D eigenvalue weighted by Gasteiger charge is -2.55. The van der Waals surface area contributed by atoms with Gasteiger partial charge in [0.1, 0.15) is 5.82 Å². The molecular weight excluding hydrogens is 484 g/mol. The van der Waals surface area contributed by atoms with Crippen molar-refractivity contribution in [2.75, 3.05) is 26.7 Å². The highest BCUT2D eigenvalue weighted by molar-refractivity contribution is 5.76. The van der Waals surface area contributed by atoms with Gasteiger partial charge in [-0.25, -0.2) is 4.98 Å². The molecule has 4 heterocycles. The number of nitrogens with zero attached hydrogens (tertiary/aromatic N) is 4. The van der Waals surface area contributed by atoms with Crippen LogP contribution >= 0.6 is 0 Å². The van der Waals surface area contributed by atoms with Crippen molar-refractivity contribution in [3.8, 4) is 0 Å². The average molecular weight is 533 g/mol. The first-order chi connectivity index (χ1) is 19.2. The number of aromatic nitrogens is 2. The number of hydrogen-bond acceptors (Lipinski definition) is 5. The normalized spacial score (nSPS) is 36.0. The molecule has 212 valence electrons. The zero-order valence-electron chi connectivity index (χ0n) is 24.0. The van der Waals surface area contributed by atoms with Crippen LogP contribution in [0, 0.1) is 11.8 Å². The van der Waals surface area contributed by atoms with Crippen LogP contribution in [0.3, 0.4) is 0 Å². The van der Waals surface area contributed by atoms with Crippen molar-refractivity contribution in [2.45, 2.75) is 120 Å². The van der Waals surface area contributed by atoms with Gasteiger partial charge >= 0.3 is 5.97 Å². The first-order valence-electron chi connectivity index (χ1n) is 16.2. The third kappa shape index (κ3) is 5.16. The lowest BCUT2D eigenvalue weighted by Crippen LogP contribution is -2.58. The highest BCUT2D eigenvalue weighted by atomic mass is 16.5. The Morgan fingerprint density at radius 3 is 2.33 bits per heavy atom. The summed E-state index contributed by atoms with van der Waals surface area (Å²) < 4.78 is 7.67. The Morgan fingerprint density at radius 1 is 0.846 bits per heavy atom. The van der Waals surface area contributed by atoms with E-state index in [0.29, 0.717) is 18.5 Å². The van der Waals surface area contributed by atoms with Crippen molar-refractivity contribution in [1.29, 1.82) is 0 Å². The van der Waals surface area contributed by atoms with E-state index in [1.807, 2.05) is 0 Å². The summed E-state index contributed by atoms with van der Waals surface area (Å²) in [5.74, 6) is 3.48. The van der Waals surface area contributed by atoms with E-state index in [9.17, 15) is 4.79 Å². The van der Waals surface area contributed by atoms with Gasteiger partial charge < -0.3 is 9.30 Å². The molecule has 7 rings (SSSR count). The number of methoxy groups -OCH3 is 1. The number of para-hydroxylation sites is 2. The Hall–Kier alpha value is -1.92. The molecule has 5 fully saturated rings. The number of benzene rings is 1. The summed E-state index contributed by atoms with van der Waals surface area (Å²) in [5, 5.41) is 0. The molecule has 4 bridgehead atoms. The van der Waals surface area contributed by atoms with Gasteiger partial charge in [-0.15, -0.1) is 0 Å². The van der Waals surface area contributed by atoms with Gasteiger partial charge in [-0.1, -0.05) is 44.2 Å². The molecule has 3 aliphatic heterocycles. The number of carbonyl (C=O) groups excluding carboxylic acids is 1. The maximum atomic E-state index is 12.0.